The van der Waals surface area contributed by atoms with Gasteiger partial charge in [-0.25, -0.2) is 13.2 Å². The number of carbonyl (C=O) groups is 1. The van der Waals surface area contributed by atoms with E-state index in [2.05, 4.69) is 4.72 Å². The maximum absolute atomic E-state index is 12.9. The Hall–Kier alpha value is -4.36. The van der Waals surface area contributed by atoms with Crippen molar-refractivity contribution in [1.29, 1.82) is 0 Å². The molecule has 7 heteroatoms. The smallest absolute Gasteiger partial charge is 0.335 e. The lowest BCUT2D eigenvalue weighted by atomic mass is 10.1. The number of aromatic carboxylic acids is 1. The minimum absolute atomic E-state index is 0.195. The second-order valence-corrected chi connectivity index (χ2v) is 9.90. The summed E-state index contributed by atoms with van der Waals surface area (Å²) in [6, 6.07) is 30.7. The fraction of sp³-hybridized carbons (Fsp3) is 0.0357. The minimum atomic E-state index is -3.72. The first-order chi connectivity index (χ1) is 16.9. The van der Waals surface area contributed by atoms with Gasteiger partial charge in [-0.05, 0) is 65.2 Å². The summed E-state index contributed by atoms with van der Waals surface area (Å²) < 4.78 is 30.4. The molecule has 1 aromatic heterocycles. The number of hydrogen-bond acceptors (Lipinski definition) is 3. The van der Waals surface area contributed by atoms with Crippen LogP contribution in [0.3, 0.4) is 0 Å². The van der Waals surface area contributed by atoms with Crippen LogP contribution in [0.15, 0.2) is 114 Å². The van der Waals surface area contributed by atoms with Gasteiger partial charge in [0.05, 0.1) is 10.5 Å². The Balaban J connectivity index is 1.29. The minimum Gasteiger partial charge on any atom is -0.478 e. The molecule has 1 heterocycles. The lowest BCUT2D eigenvalue weighted by molar-refractivity contribution is 0.0697. The van der Waals surface area contributed by atoms with Crippen molar-refractivity contribution in [3.05, 3.63) is 120 Å². The van der Waals surface area contributed by atoms with Crippen molar-refractivity contribution in [1.82, 2.24) is 4.57 Å². The summed E-state index contributed by atoms with van der Waals surface area (Å²) >= 11 is 0. The van der Waals surface area contributed by atoms with Crippen LogP contribution in [0.4, 0.5) is 5.69 Å². The van der Waals surface area contributed by atoms with Crippen LogP contribution in [0.1, 0.15) is 15.9 Å². The molecule has 4 aromatic carbocycles. The lowest BCUT2D eigenvalue weighted by Gasteiger charge is -2.11. The van der Waals surface area contributed by atoms with E-state index in [9.17, 15) is 13.2 Å². The Morgan fingerprint density at radius 2 is 1.49 bits per heavy atom. The third-order valence-electron chi connectivity index (χ3n) is 5.85. The van der Waals surface area contributed by atoms with E-state index in [1.54, 1.807) is 54.6 Å². The van der Waals surface area contributed by atoms with Gasteiger partial charge in [0, 0.05) is 29.3 Å². The molecule has 0 aliphatic heterocycles. The number of aromatic nitrogens is 1. The van der Waals surface area contributed by atoms with Crippen LogP contribution < -0.4 is 4.72 Å². The van der Waals surface area contributed by atoms with Crippen molar-refractivity contribution in [3.63, 3.8) is 0 Å². The molecule has 0 fully saturated rings. The second kappa shape index (κ2) is 9.12. The second-order valence-electron chi connectivity index (χ2n) is 8.22. The largest absolute Gasteiger partial charge is 0.478 e. The molecule has 0 bridgehead atoms. The van der Waals surface area contributed by atoms with Gasteiger partial charge < -0.3 is 9.67 Å². The molecule has 5 aromatic rings. The molecule has 0 aliphatic rings. The Morgan fingerprint density at radius 3 is 2.17 bits per heavy atom. The van der Waals surface area contributed by atoms with Crippen molar-refractivity contribution in [2.45, 2.75) is 11.4 Å². The molecule has 0 saturated heterocycles. The third-order valence-corrected chi connectivity index (χ3v) is 7.25. The predicted octanol–water partition coefficient (Wildman–Crippen LogP) is 5.86. The summed E-state index contributed by atoms with van der Waals surface area (Å²) in [5.74, 6) is -0.954. The van der Waals surface area contributed by atoms with E-state index in [1.165, 1.54) is 0 Å². The molecule has 0 amide bonds. The fourth-order valence-electron chi connectivity index (χ4n) is 4.02. The quantitative estimate of drug-likeness (QED) is 0.304. The third kappa shape index (κ3) is 4.81. The predicted molar refractivity (Wildman–Crippen MR) is 137 cm³/mol. The molecule has 174 valence electrons. The highest BCUT2D eigenvalue weighted by atomic mass is 32.2. The van der Waals surface area contributed by atoms with E-state index in [-0.39, 0.29) is 10.5 Å². The van der Waals surface area contributed by atoms with Crippen molar-refractivity contribution in [2.24, 2.45) is 0 Å². The van der Waals surface area contributed by atoms with Gasteiger partial charge in [-0.3, -0.25) is 4.72 Å². The number of nitrogens with one attached hydrogen (secondary N) is 1. The number of fused-ring (bicyclic) bond motifs is 1. The van der Waals surface area contributed by atoms with E-state index in [0.29, 0.717) is 12.2 Å². The van der Waals surface area contributed by atoms with Crippen molar-refractivity contribution in [2.75, 3.05) is 4.72 Å². The average molecular weight is 483 g/mol. The SMILES string of the molecule is O=C(O)c1ccc2c(ccn2Cc2ccc(NS(=O)(=O)c3ccc(-c4ccccc4)cc3)cc2)c1. The molecule has 0 radical (unpaired) electrons. The summed E-state index contributed by atoms with van der Waals surface area (Å²) in [7, 11) is -3.72. The molecule has 6 nitrogen and oxygen atoms in total. The van der Waals surface area contributed by atoms with Gasteiger partial charge in [0.1, 0.15) is 0 Å². The summed E-state index contributed by atoms with van der Waals surface area (Å²) in [4.78, 5) is 11.4. The van der Waals surface area contributed by atoms with Crippen LogP contribution in [0.25, 0.3) is 22.0 Å². The first-order valence-corrected chi connectivity index (χ1v) is 12.5. The molecule has 2 N–H and O–H groups in total. The number of carboxylic acid groups (broad SMARTS) is 1. The maximum atomic E-state index is 12.9. The Bertz CT molecular complexity index is 1610. The van der Waals surface area contributed by atoms with E-state index in [4.69, 9.17) is 5.11 Å². The van der Waals surface area contributed by atoms with Crippen LogP contribution in [0.5, 0.6) is 0 Å². The Morgan fingerprint density at radius 1 is 0.800 bits per heavy atom. The average Bonchev–Trinajstić information content (AvgIpc) is 3.27. The van der Waals surface area contributed by atoms with Gasteiger partial charge in [-0.2, -0.15) is 0 Å². The van der Waals surface area contributed by atoms with Crippen molar-refractivity contribution in [3.8, 4) is 11.1 Å². The highest BCUT2D eigenvalue weighted by Gasteiger charge is 2.14. The van der Waals surface area contributed by atoms with E-state index in [0.717, 1.165) is 27.6 Å². The van der Waals surface area contributed by atoms with Crippen molar-refractivity contribution < 1.29 is 18.3 Å². The first kappa shape index (κ1) is 22.4. The number of benzene rings is 4. The summed E-state index contributed by atoms with van der Waals surface area (Å²) in [5, 5.41) is 10.0. The molecule has 0 spiro atoms. The summed E-state index contributed by atoms with van der Waals surface area (Å²) in [6.07, 6.45) is 1.91. The number of hydrogen-bond donors (Lipinski definition) is 2. The molecular formula is C28H22N2O4S. The molecule has 5 rings (SSSR count). The van der Waals surface area contributed by atoms with Gasteiger partial charge >= 0.3 is 5.97 Å². The highest BCUT2D eigenvalue weighted by Crippen LogP contribution is 2.23. The molecule has 0 saturated carbocycles. The molecule has 0 atom stereocenters. The van der Waals surface area contributed by atoms with Crippen LogP contribution in [0.2, 0.25) is 0 Å². The maximum Gasteiger partial charge on any atom is 0.335 e. The standard InChI is InChI=1S/C28H22N2O4S/c31-28(32)24-10-15-27-23(18-24)16-17-30(27)19-20-6-11-25(12-7-20)29-35(33,34)26-13-8-22(9-14-26)21-4-2-1-3-5-21/h1-18,29H,19H2,(H,31,32). The van der Waals surface area contributed by atoms with Gasteiger partial charge in [0.15, 0.2) is 0 Å². The summed E-state index contributed by atoms with van der Waals surface area (Å²) in [6.45, 7) is 0.573. The Labute approximate surface area is 203 Å². The number of nitrogens with zero attached hydrogens (tertiary/aromatic N) is 1. The highest BCUT2D eigenvalue weighted by molar-refractivity contribution is 7.92. The van der Waals surface area contributed by atoms with Crippen molar-refractivity contribution >= 4 is 32.6 Å². The van der Waals surface area contributed by atoms with E-state index in [1.807, 2.05) is 59.3 Å². The lowest BCUT2D eigenvalue weighted by Crippen LogP contribution is -2.12. The van der Waals surface area contributed by atoms with Crippen LogP contribution >= 0.6 is 0 Å². The fourth-order valence-corrected chi connectivity index (χ4v) is 5.08. The zero-order valence-corrected chi connectivity index (χ0v) is 19.4. The zero-order chi connectivity index (χ0) is 24.4. The first-order valence-electron chi connectivity index (χ1n) is 11.0. The molecule has 0 aliphatic carbocycles. The van der Waals surface area contributed by atoms with Gasteiger partial charge in [-0.1, -0.05) is 54.6 Å². The van der Waals surface area contributed by atoms with E-state index >= 15 is 0 Å². The van der Waals surface area contributed by atoms with Crippen LogP contribution in [-0.4, -0.2) is 24.1 Å². The van der Waals surface area contributed by atoms with E-state index < -0.39 is 16.0 Å². The van der Waals surface area contributed by atoms with Gasteiger partial charge in [0.25, 0.3) is 10.0 Å². The van der Waals surface area contributed by atoms with Crippen LogP contribution in [-0.2, 0) is 16.6 Å². The monoisotopic (exact) mass is 482 g/mol. The van der Waals surface area contributed by atoms with Gasteiger partial charge in [0.2, 0.25) is 0 Å². The van der Waals surface area contributed by atoms with Crippen LogP contribution in [0, 0.1) is 0 Å². The molecular weight excluding hydrogens is 460 g/mol. The number of sulfonamides is 1. The van der Waals surface area contributed by atoms with Gasteiger partial charge in [-0.15, -0.1) is 0 Å². The normalized spacial score (nSPS) is 11.4. The molecule has 35 heavy (non-hydrogen) atoms. The number of anilines is 1. The zero-order valence-electron chi connectivity index (χ0n) is 18.6. The number of rotatable bonds is 7. The summed E-state index contributed by atoms with van der Waals surface area (Å²) in [5.41, 5.74) is 4.62. The number of carboxylic acids is 1. The Kier molecular flexibility index (Phi) is 5.84. The molecule has 0 unspecified atom stereocenters. The topological polar surface area (TPSA) is 88.4 Å².